The van der Waals surface area contributed by atoms with Crippen molar-refractivity contribution in [2.24, 2.45) is 23.7 Å². The van der Waals surface area contributed by atoms with Crippen LogP contribution in [0.25, 0.3) is 4.85 Å². The van der Waals surface area contributed by atoms with E-state index in [0.717, 1.165) is 46.8 Å². The molecule has 24 heteroatoms. The van der Waals surface area contributed by atoms with Crippen molar-refractivity contribution in [3.8, 4) is 29.1 Å². The maximum Gasteiger partial charge on any atom is 0.330 e. The molecule has 0 saturated heterocycles. The van der Waals surface area contributed by atoms with Crippen LogP contribution >= 0.6 is 23.5 Å². The van der Waals surface area contributed by atoms with Gasteiger partial charge in [0.05, 0.1) is 89.2 Å². The lowest BCUT2D eigenvalue weighted by molar-refractivity contribution is -0.157. The van der Waals surface area contributed by atoms with Crippen molar-refractivity contribution >= 4 is 83.2 Å². The zero-order chi connectivity index (χ0) is 63.0. The van der Waals surface area contributed by atoms with Gasteiger partial charge in [-0.05, 0) is 119 Å². The van der Waals surface area contributed by atoms with Crippen LogP contribution in [-0.2, 0) is 89.2 Å². The Morgan fingerprint density at radius 3 is 1.34 bits per heavy atom. The highest BCUT2D eigenvalue weighted by atomic mass is 32.2. The van der Waals surface area contributed by atoms with E-state index >= 15 is 0 Å². The van der Waals surface area contributed by atoms with Crippen molar-refractivity contribution in [2.45, 2.75) is 133 Å². The summed E-state index contributed by atoms with van der Waals surface area (Å²) >= 11 is 2.13. The molecule has 2 unspecified atom stereocenters. The summed E-state index contributed by atoms with van der Waals surface area (Å²) in [4.78, 5) is 129. The Bertz CT molecular complexity index is 3170. The standard InChI is InChI=1S/C63H66N2O20S2/c1-7-50(66)78-35-38(4)80-54(70)27-25-52(68)76-31-29-40-9-21-46(22-10-40)82-59(72)42-13-17-44(18-14-42)61(74)84-49-33-37(3)56(58-57(49)86-63(87-58)48(34-64)65-6)85-62(75)45-19-15-43(16-20-45)60(73)83-47-23-11-41(12-24-47)30-32-77-53(69)26-28-55(71)81-39(5)36-79-51(67)8-2/h7-12,21-24,33,38-39,42-45H,1-2,13-20,25-32,35-36H2,3-5H3/b63-48-. The molecule has 2 saturated carbocycles. The van der Waals surface area contributed by atoms with Crippen LogP contribution in [0.2, 0.25) is 0 Å². The number of allylic oxidation sites excluding steroid dienone is 1. The first-order valence-corrected chi connectivity index (χ1v) is 29.8. The fourth-order valence-electron chi connectivity index (χ4n) is 9.16. The Kier molecular flexibility index (Phi) is 26.2. The van der Waals surface area contributed by atoms with Crippen LogP contribution in [0.4, 0.5) is 0 Å². The second-order valence-corrected chi connectivity index (χ2v) is 22.8. The van der Waals surface area contributed by atoms with E-state index in [4.69, 9.17) is 53.9 Å². The van der Waals surface area contributed by atoms with Crippen molar-refractivity contribution in [1.82, 2.24) is 0 Å². The lowest BCUT2D eigenvalue weighted by Crippen LogP contribution is -2.31. The third kappa shape index (κ3) is 21.3. The molecule has 0 N–H and O–H groups in total. The summed E-state index contributed by atoms with van der Waals surface area (Å²) in [6, 6.07) is 16.9. The zero-order valence-electron chi connectivity index (χ0n) is 48.3. The number of esters is 10. The average molecular weight is 1240 g/mol. The number of nitriles is 1. The number of thioether (sulfide) groups is 2. The highest BCUT2D eigenvalue weighted by Crippen LogP contribution is 2.60. The molecule has 460 valence electrons. The van der Waals surface area contributed by atoms with E-state index in [2.05, 4.69) is 18.0 Å². The fraction of sp³-hybridized carbons (Fsp3) is 0.429. The highest BCUT2D eigenvalue weighted by molar-refractivity contribution is 8.24. The Balaban J connectivity index is 0.917. The summed E-state index contributed by atoms with van der Waals surface area (Å²) < 4.78 is 54.1. The monoisotopic (exact) mass is 1230 g/mol. The molecule has 87 heavy (non-hydrogen) atoms. The van der Waals surface area contributed by atoms with E-state index in [1.165, 1.54) is 0 Å². The van der Waals surface area contributed by atoms with Crippen molar-refractivity contribution in [1.29, 1.82) is 5.26 Å². The number of hydrogen-bond donors (Lipinski definition) is 0. The van der Waals surface area contributed by atoms with E-state index in [0.29, 0.717) is 95.3 Å². The molecule has 2 aliphatic carbocycles. The highest BCUT2D eigenvalue weighted by Gasteiger charge is 2.37. The van der Waals surface area contributed by atoms with E-state index in [1.54, 1.807) is 75.4 Å². The first-order valence-electron chi connectivity index (χ1n) is 28.1. The topological polar surface area (TPSA) is 291 Å². The van der Waals surface area contributed by atoms with Crippen LogP contribution in [-0.4, -0.2) is 98.3 Å². The molecule has 6 rings (SSSR count). The minimum atomic E-state index is -0.699. The molecule has 3 aromatic carbocycles. The number of carbonyl (C=O) groups excluding carboxylic acids is 10. The molecule has 1 heterocycles. The molecule has 3 aliphatic rings. The van der Waals surface area contributed by atoms with Gasteiger partial charge in [-0.25, -0.2) is 19.7 Å². The summed E-state index contributed by atoms with van der Waals surface area (Å²) in [5, 5.41) is 9.76. The largest absolute Gasteiger partial charge is 0.465 e. The molecule has 0 radical (unpaired) electrons. The van der Waals surface area contributed by atoms with Gasteiger partial charge in [0.15, 0.2) is 0 Å². The van der Waals surface area contributed by atoms with E-state index < -0.39 is 95.6 Å². The normalized spacial score (nSPS) is 17.9. The molecule has 2 fully saturated rings. The Morgan fingerprint density at radius 2 is 0.954 bits per heavy atom. The van der Waals surface area contributed by atoms with E-state index in [1.807, 2.05) is 6.07 Å². The number of carbonyl (C=O) groups is 10. The SMILES string of the molecule is [C-]#[N+]/C(C#N)=C1/Sc2c(OC(=O)C3CCC(C(=O)Oc4ccc(CCOC(=O)CCC(=O)OC(C)COC(=O)C=C)cc4)CC3)cc(C)c(OC(=O)C3CCC(C(=O)Oc4ccc(CCOC(=O)CCC(=O)OC(C)COC(=O)C=C)cc4)CC3)c2S1. The van der Waals surface area contributed by atoms with Crippen molar-refractivity contribution in [3.05, 3.63) is 118 Å². The van der Waals surface area contributed by atoms with Gasteiger partial charge in [0.1, 0.15) is 48.4 Å². The van der Waals surface area contributed by atoms with Gasteiger partial charge in [0.25, 0.3) is 5.70 Å². The number of aryl methyl sites for hydroxylation is 1. The molecular weight excluding hydrogens is 1170 g/mol. The number of hydrogen-bond acceptors (Lipinski definition) is 23. The lowest BCUT2D eigenvalue weighted by Gasteiger charge is -2.27. The molecule has 0 bridgehead atoms. The van der Waals surface area contributed by atoms with E-state index in [9.17, 15) is 53.2 Å². The first-order chi connectivity index (χ1) is 41.7. The van der Waals surface area contributed by atoms with Crippen LogP contribution in [0, 0.1) is 48.5 Å². The van der Waals surface area contributed by atoms with E-state index in [-0.39, 0.29) is 69.3 Å². The predicted molar refractivity (Wildman–Crippen MR) is 310 cm³/mol. The lowest BCUT2D eigenvalue weighted by atomic mass is 9.82. The molecule has 22 nitrogen and oxygen atoms in total. The van der Waals surface area contributed by atoms with Crippen LogP contribution < -0.4 is 18.9 Å². The quantitative estimate of drug-likeness (QED) is 0.0163. The molecule has 1 aliphatic heterocycles. The average Bonchev–Trinajstić information content (AvgIpc) is 2.01. The Hall–Kier alpha value is -8.74. The molecule has 2 atom stereocenters. The summed E-state index contributed by atoms with van der Waals surface area (Å²) in [5.74, 6) is -6.75. The second-order valence-electron chi connectivity index (χ2n) is 20.5. The maximum atomic E-state index is 13.8. The summed E-state index contributed by atoms with van der Waals surface area (Å²) in [5.41, 5.74) is 1.89. The minimum Gasteiger partial charge on any atom is -0.465 e. The van der Waals surface area contributed by atoms with Crippen molar-refractivity contribution in [2.75, 3.05) is 26.4 Å². The van der Waals surface area contributed by atoms with Gasteiger partial charge in [-0.15, -0.1) is 0 Å². The van der Waals surface area contributed by atoms with Crippen LogP contribution in [0.5, 0.6) is 23.0 Å². The number of ether oxygens (including phenoxy) is 10. The first kappa shape index (κ1) is 67.4. The van der Waals surface area contributed by atoms with Gasteiger partial charge >= 0.3 is 59.7 Å². The summed E-state index contributed by atoms with van der Waals surface area (Å²) in [6.45, 7) is 18.8. The molecule has 0 amide bonds. The second kappa shape index (κ2) is 33.8. The molecule has 3 aromatic rings. The molecule has 0 spiro atoms. The molecular formula is C63H66N2O20S2. The van der Waals surface area contributed by atoms with Crippen molar-refractivity contribution < 1.29 is 95.3 Å². The van der Waals surface area contributed by atoms with Gasteiger partial charge in [-0.1, -0.05) is 60.9 Å². The third-order valence-corrected chi connectivity index (χ3v) is 16.5. The van der Waals surface area contributed by atoms with Crippen LogP contribution in [0.1, 0.15) is 108 Å². The van der Waals surface area contributed by atoms with Gasteiger partial charge in [-0.3, -0.25) is 38.4 Å². The number of fused-ring (bicyclic) bond motifs is 1. The number of benzene rings is 3. The number of rotatable bonds is 28. The molecule has 0 aromatic heterocycles. The van der Waals surface area contributed by atoms with Crippen LogP contribution in [0.15, 0.2) is 99.6 Å². The zero-order valence-corrected chi connectivity index (χ0v) is 50.0. The smallest absolute Gasteiger partial charge is 0.330 e. The Morgan fingerprint density at radius 1 is 0.575 bits per heavy atom. The maximum absolute atomic E-state index is 13.8. The van der Waals surface area contributed by atoms with Gasteiger partial charge in [0.2, 0.25) is 0 Å². The van der Waals surface area contributed by atoms with Gasteiger partial charge < -0.3 is 47.4 Å². The minimum absolute atomic E-state index is 0.0481. The predicted octanol–water partition coefficient (Wildman–Crippen LogP) is 9.49. The van der Waals surface area contributed by atoms with Crippen molar-refractivity contribution in [3.63, 3.8) is 0 Å². The fourth-order valence-corrected chi connectivity index (χ4v) is 11.7. The summed E-state index contributed by atoms with van der Waals surface area (Å²) in [6.07, 6.45) is 3.30. The Labute approximate surface area is 511 Å². The third-order valence-electron chi connectivity index (χ3n) is 13.9. The van der Waals surface area contributed by atoms with Gasteiger partial charge in [-0.2, -0.15) is 0 Å². The van der Waals surface area contributed by atoms with Crippen LogP contribution in [0.3, 0.4) is 0 Å². The summed E-state index contributed by atoms with van der Waals surface area (Å²) in [7, 11) is 0. The number of nitrogens with zero attached hydrogens (tertiary/aromatic N) is 2. The van der Waals surface area contributed by atoms with Gasteiger partial charge in [0, 0.05) is 25.0 Å².